The van der Waals surface area contributed by atoms with E-state index in [1.807, 2.05) is 36.9 Å². The SMILES string of the molecule is c1cncc(Cn2ccnc2[C@@H]2CCCN(c3ccnc4ccccc34)C2)c1. The second-order valence-corrected chi connectivity index (χ2v) is 7.41. The molecule has 4 heterocycles. The van der Waals surface area contributed by atoms with Gasteiger partial charge < -0.3 is 9.47 Å². The third-order valence-electron chi connectivity index (χ3n) is 5.58. The molecule has 0 saturated carbocycles. The number of hydrogen-bond donors (Lipinski definition) is 0. The molecule has 5 rings (SSSR count). The van der Waals surface area contributed by atoms with Crippen LogP contribution in [0, 0.1) is 0 Å². The highest BCUT2D eigenvalue weighted by atomic mass is 15.2. The number of imidazole rings is 1. The smallest absolute Gasteiger partial charge is 0.113 e. The number of anilines is 1. The van der Waals surface area contributed by atoms with E-state index in [0.717, 1.165) is 25.2 Å². The van der Waals surface area contributed by atoms with Crippen molar-refractivity contribution in [1.82, 2.24) is 19.5 Å². The van der Waals surface area contributed by atoms with E-state index in [1.54, 1.807) is 0 Å². The summed E-state index contributed by atoms with van der Waals surface area (Å²) in [4.78, 5) is 16.0. The van der Waals surface area contributed by atoms with Crippen molar-refractivity contribution in [2.75, 3.05) is 18.0 Å². The third kappa shape index (κ3) is 3.24. The number of pyridine rings is 2. The van der Waals surface area contributed by atoms with Crippen molar-refractivity contribution in [3.8, 4) is 0 Å². The summed E-state index contributed by atoms with van der Waals surface area (Å²) in [6.45, 7) is 2.88. The molecule has 0 bridgehead atoms. The fourth-order valence-corrected chi connectivity index (χ4v) is 4.27. The van der Waals surface area contributed by atoms with Crippen LogP contribution in [0.15, 0.2) is 73.4 Å². The van der Waals surface area contributed by atoms with Crippen LogP contribution in [-0.4, -0.2) is 32.6 Å². The van der Waals surface area contributed by atoms with Gasteiger partial charge in [0.15, 0.2) is 0 Å². The standard InChI is InChI=1S/C23H23N5/c1-2-8-21-20(7-1)22(9-11-25-21)27-13-4-6-19(17-27)23-26-12-14-28(23)16-18-5-3-10-24-15-18/h1-3,5,7-12,14-15,19H,4,6,13,16-17H2/t19-/m1/s1. The fourth-order valence-electron chi connectivity index (χ4n) is 4.27. The molecular formula is C23H23N5. The van der Waals surface area contributed by atoms with Gasteiger partial charge in [-0.15, -0.1) is 0 Å². The number of piperidine rings is 1. The van der Waals surface area contributed by atoms with Crippen LogP contribution in [0.2, 0.25) is 0 Å². The highest BCUT2D eigenvalue weighted by molar-refractivity contribution is 5.91. The largest absolute Gasteiger partial charge is 0.370 e. The van der Waals surface area contributed by atoms with Gasteiger partial charge in [0, 0.05) is 61.1 Å². The average Bonchev–Trinajstić information content (AvgIpc) is 3.22. The first-order chi connectivity index (χ1) is 13.9. The molecule has 4 aromatic rings. The van der Waals surface area contributed by atoms with Crippen molar-refractivity contribution in [2.45, 2.75) is 25.3 Å². The summed E-state index contributed by atoms with van der Waals surface area (Å²) in [6, 6.07) is 14.6. The lowest BCUT2D eigenvalue weighted by Crippen LogP contribution is -2.35. The molecule has 5 heteroatoms. The van der Waals surface area contributed by atoms with E-state index in [4.69, 9.17) is 4.98 Å². The molecule has 0 aliphatic carbocycles. The molecule has 0 N–H and O–H groups in total. The highest BCUT2D eigenvalue weighted by Gasteiger charge is 2.25. The monoisotopic (exact) mass is 369 g/mol. The van der Waals surface area contributed by atoms with E-state index in [9.17, 15) is 0 Å². The summed E-state index contributed by atoms with van der Waals surface area (Å²) in [6.07, 6.45) is 12.0. The summed E-state index contributed by atoms with van der Waals surface area (Å²) in [7, 11) is 0. The van der Waals surface area contributed by atoms with Crippen molar-refractivity contribution in [3.63, 3.8) is 0 Å². The number of nitrogens with zero attached hydrogens (tertiary/aromatic N) is 5. The number of fused-ring (bicyclic) bond motifs is 1. The lowest BCUT2D eigenvalue weighted by atomic mass is 9.96. The van der Waals surface area contributed by atoms with Crippen molar-refractivity contribution < 1.29 is 0 Å². The first-order valence-electron chi connectivity index (χ1n) is 9.87. The number of para-hydroxylation sites is 1. The highest BCUT2D eigenvalue weighted by Crippen LogP contribution is 2.32. The maximum atomic E-state index is 4.73. The van der Waals surface area contributed by atoms with E-state index >= 15 is 0 Å². The lowest BCUT2D eigenvalue weighted by Gasteiger charge is -2.35. The van der Waals surface area contributed by atoms with Crippen molar-refractivity contribution in [3.05, 3.63) is 84.8 Å². The summed E-state index contributed by atoms with van der Waals surface area (Å²) < 4.78 is 2.27. The van der Waals surface area contributed by atoms with Gasteiger partial charge in [-0.2, -0.15) is 0 Å². The van der Waals surface area contributed by atoms with E-state index in [0.29, 0.717) is 5.92 Å². The van der Waals surface area contributed by atoms with Gasteiger partial charge in [0.1, 0.15) is 5.82 Å². The van der Waals surface area contributed by atoms with Crippen LogP contribution >= 0.6 is 0 Å². The molecule has 1 atom stereocenters. The number of rotatable bonds is 4. The Hall–Kier alpha value is -3.21. The number of hydrogen-bond acceptors (Lipinski definition) is 4. The second kappa shape index (κ2) is 7.43. The van der Waals surface area contributed by atoms with Crippen LogP contribution in [0.1, 0.15) is 30.1 Å². The zero-order chi connectivity index (χ0) is 18.8. The quantitative estimate of drug-likeness (QED) is 0.539. The summed E-state index contributed by atoms with van der Waals surface area (Å²) in [5.74, 6) is 1.60. The Morgan fingerprint density at radius 1 is 0.964 bits per heavy atom. The maximum Gasteiger partial charge on any atom is 0.113 e. The zero-order valence-electron chi connectivity index (χ0n) is 15.8. The minimum atomic E-state index is 0.423. The zero-order valence-corrected chi connectivity index (χ0v) is 15.8. The molecule has 5 nitrogen and oxygen atoms in total. The Bertz CT molecular complexity index is 1070. The molecule has 1 saturated heterocycles. The third-order valence-corrected chi connectivity index (χ3v) is 5.58. The van der Waals surface area contributed by atoms with Gasteiger partial charge in [-0.1, -0.05) is 24.3 Å². The summed E-state index contributed by atoms with van der Waals surface area (Å²) in [5.41, 5.74) is 3.54. The Kier molecular flexibility index (Phi) is 4.49. The Morgan fingerprint density at radius 3 is 2.86 bits per heavy atom. The molecule has 3 aromatic heterocycles. The van der Waals surface area contributed by atoms with Gasteiger partial charge >= 0.3 is 0 Å². The lowest BCUT2D eigenvalue weighted by molar-refractivity contribution is 0.477. The number of aromatic nitrogens is 4. The molecule has 0 spiro atoms. The molecule has 28 heavy (non-hydrogen) atoms. The Morgan fingerprint density at radius 2 is 1.93 bits per heavy atom. The van der Waals surface area contributed by atoms with Gasteiger partial charge in [0.2, 0.25) is 0 Å². The van der Waals surface area contributed by atoms with Crippen molar-refractivity contribution in [1.29, 1.82) is 0 Å². The molecule has 140 valence electrons. The molecule has 1 aromatic carbocycles. The molecule has 0 unspecified atom stereocenters. The minimum Gasteiger partial charge on any atom is -0.370 e. The van der Waals surface area contributed by atoms with Crippen LogP contribution in [0.3, 0.4) is 0 Å². The van der Waals surface area contributed by atoms with Gasteiger partial charge in [-0.05, 0) is 36.6 Å². The predicted octanol–water partition coefficient (Wildman–Crippen LogP) is 4.26. The molecule has 1 aliphatic rings. The van der Waals surface area contributed by atoms with E-state index < -0.39 is 0 Å². The molecular weight excluding hydrogens is 346 g/mol. The first-order valence-corrected chi connectivity index (χ1v) is 9.87. The topological polar surface area (TPSA) is 46.8 Å². The average molecular weight is 369 g/mol. The van der Waals surface area contributed by atoms with Crippen molar-refractivity contribution in [2.24, 2.45) is 0 Å². The molecule has 1 aliphatic heterocycles. The second-order valence-electron chi connectivity index (χ2n) is 7.41. The molecule has 1 fully saturated rings. The Balaban J connectivity index is 1.42. The van der Waals surface area contributed by atoms with Crippen LogP contribution in [-0.2, 0) is 6.54 Å². The fraction of sp³-hybridized carbons (Fsp3) is 0.261. The minimum absolute atomic E-state index is 0.423. The van der Waals surface area contributed by atoms with Gasteiger partial charge in [-0.3, -0.25) is 9.97 Å². The van der Waals surface area contributed by atoms with Crippen LogP contribution in [0.4, 0.5) is 5.69 Å². The maximum absolute atomic E-state index is 4.73. The van der Waals surface area contributed by atoms with Crippen LogP contribution < -0.4 is 4.90 Å². The normalized spacial score (nSPS) is 17.1. The summed E-state index contributed by atoms with van der Waals surface area (Å²) in [5, 5.41) is 1.23. The Labute approximate surface area is 164 Å². The van der Waals surface area contributed by atoms with Gasteiger partial charge in [-0.25, -0.2) is 4.98 Å². The van der Waals surface area contributed by atoms with E-state index in [-0.39, 0.29) is 0 Å². The van der Waals surface area contributed by atoms with Crippen LogP contribution in [0.5, 0.6) is 0 Å². The van der Waals surface area contributed by atoms with E-state index in [2.05, 4.69) is 56.0 Å². The molecule has 0 radical (unpaired) electrons. The first kappa shape index (κ1) is 16.9. The van der Waals surface area contributed by atoms with E-state index in [1.165, 1.54) is 35.3 Å². The van der Waals surface area contributed by atoms with Crippen molar-refractivity contribution >= 4 is 16.6 Å². The predicted molar refractivity (Wildman–Crippen MR) is 111 cm³/mol. The number of benzene rings is 1. The van der Waals surface area contributed by atoms with Gasteiger partial charge in [0.25, 0.3) is 0 Å². The van der Waals surface area contributed by atoms with Gasteiger partial charge in [0.05, 0.1) is 12.1 Å². The van der Waals surface area contributed by atoms with Crippen LogP contribution in [0.25, 0.3) is 10.9 Å². The summed E-state index contributed by atoms with van der Waals surface area (Å²) >= 11 is 0. The molecule has 0 amide bonds.